The average molecular weight is 273 g/mol. The summed E-state index contributed by atoms with van der Waals surface area (Å²) in [6.07, 6.45) is 5.17. The summed E-state index contributed by atoms with van der Waals surface area (Å²) >= 11 is 0. The predicted octanol–water partition coefficient (Wildman–Crippen LogP) is 3.09. The van der Waals surface area contributed by atoms with Gasteiger partial charge in [-0.2, -0.15) is 0 Å². The molecule has 20 heavy (non-hydrogen) atoms. The number of benzene rings is 1. The zero-order valence-electron chi connectivity index (χ0n) is 11.6. The molecule has 1 heterocycles. The Morgan fingerprint density at radius 3 is 2.90 bits per heavy atom. The lowest BCUT2D eigenvalue weighted by Gasteiger charge is -2.20. The first-order valence-electron chi connectivity index (χ1n) is 6.88. The van der Waals surface area contributed by atoms with E-state index in [2.05, 4.69) is 17.2 Å². The molecule has 0 fully saturated rings. The second kappa shape index (κ2) is 7.01. The van der Waals surface area contributed by atoms with Gasteiger partial charge in [-0.15, -0.1) is 0 Å². The van der Waals surface area contributed by atoms with Gasteiger partial charge in [0.05, 0.1) is 0 Å². The summed E-state index contributed by atoms with van der Waals surface area (Å²) < 4.78 is 13.3. The number of halogens is 1. The molecule has 0 saturated carbocycles. The Balaban J connectivity index is 2.22. The van der Waals surface area contributed by atoms with E-state index in [0.29, 0.717) is 12.1 Å². The van der Waals surface area contributed by atoms with E-state index >= 15 is 0 Å². The number of nitrogen functional groups attached to an aromatic ring is 1. The smallest absolute Gasteiger partial charge is 0.123 e. The van der Waals surface area contributed by atoms with Crippen LogP contribution in [0.3, 0.4) is 0 Å². The zero-order valence-corrected chi connectivity index (χ0v) is 11.6. The summed E-state index contributed by atoms with van der Waals surface area (Å²) in [5.41, 5.74) is 8.64. The standard InChI is InChI=1S/C16H20FN3/c1-2-7-20-16(14-11-19-8-6-15(14)18)10-12-4-3-5-13(17)9-12/h3-6,8-9,11,16,20H,2,7,10H2,1H3,(H2,18,19). The summed E-state index contributed by atoms with van der Waals surface area (Å²) in [5.74, 6) is -0.212. The monoisotopic (exact) mass is 273 g/mol. The molecule has 2 rings (SSSR count). The van der Waals surface area contributed by atoms with Crippen molar-refractivity contribution in [2.24, 2.45) is 0 Å². The Morgan fingerprint density at radius 1 is 1.35 bits per heavy atom. The number of nitrogens with two attached hydrogens (primary N) is 1. The number of nitrogens with one attached hydrogen (secondary N) is 1. The maximum Gasteiger partial charge on any atom is 0.123 e. The van der Waals surface area contributed by atoms with E-state index in [9.17, 15) is 4.39 Å². The van der Waals surface area contributed by atoms with Gasteiger partial charge in [0.25, 0.3) is 0 Å². The number of hydrogen-bond donors (Lipinski definition) is 2. The van der Waals surface area contributed by atoms with Gasteiger partial charge in [-0.1, -0.05) is 19.1 Å². The summed E-state index contributed by atoms with van der Waals surface area (Å²) in [7, 11) is 0. The molecular formula is C16H20FN3. The predicted molar refractivity (Wildman–Crippen MR) is 79.8 cm³/mol. The van der Waals surface area contributed by atoms with Gasteiger partial charge in [0.15, 0.2) is 0 Å². The van der Waals surface area contributed by atoms with Crippen LogP contribution in [0.5, 0.6) is 0 Å². The molecule has 106 valence electrons. The molecular weight excluding hydrogens is 253 g/mol. The molecule has 1 aromatic heterocycles. The maximum atomic E-state index is 13.3. The number of pyridine rings is 1. The fourth-order valence-corrected chi connectivity index (χ4v) is 2.22. The number of anilines is 1. The second-order valence-electron chi connectivity index (χ2n) is 4.85. The fraction of sp³-hybridized carbons (Fsp3) is 0.312. The lowest BCUT2D eigenvalue weighted by Crippen LogP contribution is -2.25. The van der Waals surface area contributed by atoms with E-state index in [1.54, 1.807) is 30.6 Å². The number of rotatable bonds is 6. The second-order valence-corrected chi connectivity index (χ2v) is 4.85. The van der Waals surface area contributed by atoms with Crippen LogP contribution in [0, 0.1) is 5.82 Å². The Labute approximate surface area is 119 Å². The van der Waals surface area contributed by atoms with Gasteiger partial charge < -0.3 is 11.1 Å². The lowest BCUT2D eigenvalue weighted by atomic mass is 9.99. The summed E-state index contributed by atoms with van der Waals surface area (Å²) in [6, 6.07) is 8.51. The van der Waals surface area contributed by atoms with E-state index in [4.69, 9.17) is 5.73 Å². The van der Waals surface area contributed by atoms with Crippen LogP contribution in [0.25, 0.3) is 0 Å². The molecule has 1 atom stereocenters. The van der Waals surface area contributed by atoms with Crippen molar-refractivity contribution in [2.45, 2.75) is 25.8 Å². The van der Waals surface area contributed by atoms with Crippen molar-refractivity contribution < 1.29 is 4.39 Å². The highest BCUT2D eigenvalue weighted by molar-refractivity contribution is 5.46. The third-order valence-electron chi connectivity index (χ3n) is 3.23. The van der Waals surface area contributed by atoms with Crippen LogP contribution in [0.1, 0.15) is 30.5 Å². The fourth-order valence-electron chi connectivity index (χ4n) is 2.22. The molecule has 0 bridgehead atoms. The molecule has 0 aliphatic rings. The minimum absolute atomic E-state index is 0.0467. The summed E-state index contributed by atoms with van der Waals surface area (Å²) in [4.78, 5) is 4.14. The van der Waals surface area contributed by atoms with Gasteiger partial charge in [0.2, 0.25) is 0 Å². The zero-order chi connectivity index (χ0) is 14.4. The largest absolute Gasteiger partial charge is 0.398 e. The Bertz CT molecular complexity index is 557. The van der Waals surface area contributed by atoms with E-state index in [1.807, 2.05) is 6.07 Å². The van der Waals surface area contributed by atoms with Crippen LogP contribution in [-0.2, 0) is 6.42 Å². The van der Waals surface area contributed by atoms with Crippen LogP contribution >= 0.6 is 0 Å². The lowest BCUT2D eigenvalue weighted by molar-refractivity contribution is 0.527. The van der Waals surface area contributed by atoms with E-state index in [0.717, 1.165) is 24.1 Å². The number of aromatic nitrogens is 1. The first-order valence-corrected chi connectivity index (χ1v) is 6.88. The third kappa shape index (κ3) is 3.78. The molecule has 0 radical (unpaired) electrons. The van der Waals surface area contributed by atoms with Crippen molar-refractivity contribution in [3.05, 3.63) is 59.7 Å². The van der Waals surface area contributed by atoms with Gasteiger partial charge in [-0.05, 0) is 43.1 Å². The molecule has 3 nitrogen and oxygen atoms in total. The normalized spacial score (nSPS) is 12.3. The summed E-state index contributed by atoms with van der Waals surface area (Å²) in [6.45, 7) is 2.99. The van der Waals surface area contributed by atoms with Gasteiger partial charge in [0.1, 0.15) is 5.82 Å². The Kier molecular flexibility index (Phi) is 5.07. The van der Waals surface area contributed by atoms with Gasteiger partial charge in [-0.3, -0.25) is 4.98 Å². The minimum Gasteiger partial charge on any atom is -0.398 e. The van der Waals surface area contributed by atoms with E-state index < -0.39 is 0 Å². The van der Waals surface area contributed by atoms with Crippen molar-refractivity contribution in [1.29, 1.82) is 0 Å². The van der Waals surface area contributed by atoms with Crippen molar-refractivity contribution in [1.82, 2.24) is 10.3 Å². The van der Waals surface area contributed by atoms with Crippen LogP contribution < -0.4 is 11.1 Å². The first-order chi connectivity index (χ1) is 9.70. The molecule has 0 spiro atoms. The number of nitrogens with zero attached hydrogens (tertiary/aromatic N) is 1. The van der Waals surface area contributed by atoms with Crippen molar-refractivity contribution in [2.75, 3.05) is 12.3 Å². The first kappa shape index (κ1) is 14.5. The SMILES string of the molecule is CCCNC(Cc1cccc(F)c1)c1cnccc1N. The van der Waals surface area contributed by atoms with Crippen molar-refractivity contribution in [3.8, 4) is 0 Å². The molecule has 0 aliphatic carbocycles. The van der Waals surface area contributed by atoms with Crippen LogP contribution in [0.2, 0.25) is 0 Å². The molecule has 4 heteroatoms. The van der Waals surface area contributed by atoms with Gasteiger partial charge in [-0.25, -0.2) is 4.39 Å². The molecule has 1 unspecified atom stereocenters. The number of hydrogen-bond acceptors (Lipinski definition) is 3. The van der Waals surface area contributed by atoms with Crippen molar-refractivity contribution >= 4 is 5.69 Å². The van der Waals surface area contributed by atoms with E-state index in [1.165, 1.54) is 6.07 Å². The third-order valence-corrected chi connectivity index (χ3v) is 3.23. The molecule has 0 amide bonds. The van der Waals surface area contributed by atoms with Gasteiger partial charge in [0, 0.05) is 29.7 Å². The van der Waals surface area contributed by atoms with Gasteiger partial charge >= 0.3 is 0 Å². The highest BCUT2D eigenvalue weighted by Gasteiger charge is 2.14. The highest BCUT2D eigenvalue weighted by atomic mass is 19.1. The van der Waals surface area contributed by atoms with Crippen LogP contribution in [0.15, 0.2) is 42.7 Å². The maximum absolute atomic E-state index is 13.3. The average Bonchev–Trinajstić information content (AvgIpc) is 2.44. The minimum atomic E-state index is -0.212. The molecule has 2 aromatic rings. The summed E-state index contributed by atoms with van der Waals surface area (Å²) in [5, 5.41) is 3.45. The molecule has 0 saturated heterocycles. The highest BCUT2D eigenvalue weighted by Crippen LogP contribution is 2.23. The molecule has 1 aromatic carbocycles. The van der Waals surface area contributed by atoms with Crippen LogP contribution in [0.4, 0.5) is 10.1 Å². The Hall–Kier alpha value is -1.94. The quantitative estimate of drug-likeness (QED) is 0.850. The molecule has 0 aliphatic heterocycles. The topological polar surface area (TPSA) is 50.9 Å². The van der Waals surface area contributed by atoms with Crippen LogP contribution in [-0.4, -0.2) is 11.5 Å². The molecule has 3 N–H and O–H groups in total. The van der Waals surface area contributed by atoms with Crippen molar-refractivity contribution in [3.63, 3.8) is 0 Å². The Morgan fingerprint density at radius 2 is 2.20 bits per heavy atom. The van der Waals surface area contributed by atoms with E-state index in [-0.39, 0.29) is 11.9 Å².